The number of hydrogen-bond donors (Lipinski definition) is 1. The van der Waals surface area contributed by atoms with Crippen molar-refractivity contribution in [3.8, 4) is 0 Å². The molecule has 0 radical (unpaired) electrons. The molecule has 2 atom stereocenters. The monoisotopic (exact) mass is 239 g/mol. The van der Waals surface area contributed by atoms with Crippen molar-refractivity contribution in [2.24, 2.45) is 17.6 Å². The van der Waals surface area contributed by atoms with Crippen molar-refractivity contribution in [3.63, 3.8) is 0 Å². The fraction of sp³-hybridized carbons (Fsp3) is 0.571. The van der Waals surface area contributed by atoms with Crippen LogP contribution in [0.3, 0.4) is 0 Å². The molecule has 0 bridgehead atoms. The first-order chi connectivity index (χ1) is 8.17. The molecule has 17 heavy (non-hydrogen) atoms. The van der Waals surface area contributed by atoms with E-state index in [9.17, 15) is 4.39 Å². The van der Waals surface area contributed by atoms with Gasteiger partial charge in [-0.1, -0.05) is 19.1 Å². The maximum Gasteiger partial charge on any atom is 0.123 e. The van der Waals surface area contributed by atoms with Crippen molar-refractivity contribution in [1.29, 1.82) is 0 Å². The number of methoxy groups -OCH3 is 1. The fourth-order valence-electron chi connectivity index (χ4n) is 2.02. The minimum absolute atomic E-state index is 0.178. The van der Waals surface area contributed by atoms with Crippen LogP contribution in [0.1, 0.15) is 18.9 Å². The molecule has 1 aromatic carbocycles. The maximum absolute atomic E-state index is 13.1. The van der Waals surface area contributed by atoms with E-state index in [2.05, 4.69) is 6.92 Å². The molecular formula is C14H22FNO. The summed E-state index contributed by atoms with van der Waals surface area (Å²) in [6, 6.07) is 6.76. The fourth-order valence-corrected chi connectivity index (χ4v) is 2.02. The van der Waals surface area contributed by atoms with Gasteiger partial charge in [-0.3, -0.25) is 0 Å². The first kappa shape index (κ1) is 14.1. The molecule has 0 heterocycles. The second-order valence-electron chi connectivity index (χ2n) is 4.59. The third kappa shape index (κ3) is 4.84. The van der Waals surface area contributed by atoms with E-state index in [4.69, 9.17) is 10.5 Å². The average Bonchev–Trinajstić information content (AvgIpc) is 2.33. The molecule has 2 unspecified atom stereocenters. The third-order valence-corrected chi connectivity index (χ3v) is 3.27. The predicted molar refractivity (Wildman–Crippen MR) is 68.3 cm³/mol. The van der Waals surface area contributed by atoms with Crippen LogP contribution in [0.4, 0.5) is 4.39 Å². The Balaban J connectivity index is 2.56. The minimum Gasteiger partial charge on any atom is -0.385 e. The van der Waals surface area contributed by atoms with Crippen molar-refractivity contribution in [2.75, 3.05) is 20.3 Å². The van der Waals surface area contributed by atoms with Crippen LogP contribution in [0.25, 0.3) is 0 Å². The van der Waals surface area contributed by atoms with Crippen LogP contribution in [-0.4, -0.2) is 20.3 Å². The van der Waals surface area contributed by atoms with Gasteiger partial charge in [0.25, 0.3) is 0 Å². The zero-order valence-corrected chi connectivity index (χ0v) is 10.7. The van der Waals surface area contributed by atoms with Gasteiger partial charge in [-0.25, -0.2) is 4.39 Å². The molecule has 0 saturated carbocycles. The Morgan fingerprint density at radius 1 is 1.41 bits per heavy atom. The molecule has 0 aliphatic rings. The highest BCUT2D eigenvalue weighted by Crippen LogP contribution is 2.20. The Morgan fingerprint density at radius 3 is 2.76 bits per heavy atom. The summed E-state index contributed by atoms with van der Waals surface area (Å²) in [6.45, 7) is 3.55. The lowest BCUT2D eigenvalue weighted by atomic mass is 9.86. The molecule has 1 rings (SSSR count). The lowest BCUT2D eigenvalue weighted by molar-refractivity contribution is 0.165. The molecule has 2 N–H and O–H groups in total. The molecule has 96 valence electrons. The standard InChI is InChI=1S/C14H22FNO/c1-11(6-7-17-2)13(10-16)8-12-4-3-5-14(15)9-12/h3-5,9,11,13H,6-8,10,16H2,1-2H3. The summed E-state index contributed by atoms with van der Waals surface area (Å²) in [5.74, 6) is 0.693. The van der Waals surface area contributed by atoms with Gasteiger partial charge >= 0.3 is 0 Å². The molecule has 0 fully saturated rings. The molecule has 1 aromatic rings. The largest absolute Gasteiger partial charge is 0.385 e. The molecule has 0 saturated heterocycles. The molecule has 0 aromatic heterocycles. The van der Waals surface area contributed by atoms with Gasteiger partial charge in [0.05, 0.1) is 0 Å². The highest BCUT2D eigenvalue weighted by atomic mass is 19.1. The minimum atomic E-state index is -0.178. The lowest BCUT2D eigenvalue weighted by Crippen LogP contribution is -2.24. The number of hydrogen-bond acceptors (Lipinski definition) is 2. The van der Waals surface area contributed by atoms with E-state index >= 15 is 0 Å². The van der Waals surface area contributed by atoms with Gasteiger partial charge in [0.15, 0.2) is 0 Å². The van der Waals surface area contributed by atoms with Gasteiger partial charge in [-0.05, 0) is 48.9 Å². The molecule has 0 amide bonds. The highest BCUT2D eigenvalue weighted by molar-refractivity contribution is 5.17. The van der Waals surface area contributed by atoms with Gasteiger partial charge in [-0.2, -0.15) is 0 Å². The lowest BCUT2D eigenvalue weighted by Gasteiger charge is -2.22. The van der Waals surface area contributed by atoms with E-state index in [-0.39, 0.29) is 5.82 Å². The van der Waals surface area contributed by atoms with Crippen molar-refractivity contribution in [2.45, 2.75) is 19.8 Å². The van der Waals surface area contributed by atoms with Crippen molar-refractivity contribution >= 4 is 0 Å². The Morgan fingerprint density at radius 2 is 2.18 bits per heavy atom. The Kier molecular flexibility index (Phi) is 6.16. The molecule has 0 aliphatic carbocycles. The van der Waals surface area contributed by atoms with Crippen molar-refractivity contribution in [3.05, 3.63) is 35.6 Å². The van der Waals surface area contributed by atoms with Crippen LogP contribution in [0.5, 0.6) is 0 Å². The molecule has 0 aliphatic heterocycles. The Hall–Kier alpha value is -0.930. The number of rotatable bonds is 7. The van der Waals surface area contributed by atoms with Crippen molar-refractivity contribution < 1.29 is 9.13 Å². The third-order valence-electron chi connectivity index (χ3n) is 3.27. The van der Waals surface area contributed by atoms with Crippen LogP contribution in [0.15, 0.2) is 24.3 Å². The van der Waals surface area contributed by atoms with Gasteiger partial charge in [0, 0.05) is 13.7 Å². The summed E-state index contributed by atoms with van der Waals surface area (Å²) >= 11 is 0. The normalized spacial score (nSPS) is 14.6. The number of benzene rings is 1. The van der Waals surface area contributed by atoms with E-state index in [0.717, 1.165) is 25.0 Å². The maximum atomic E-state index is 13.1. The second-order valence-corrected chi connectivity index (χ2v) is 4.59. The van der Waals surface area contributed by atoms with Crippen LogP contribution < -0.4 is 5.73 Å². The van der Waals surface area contributed by atoms with E-state index in [1.807, 2.05) is 6.07 Å². The van der Waals surface area contributed by atoms with E-state index in [1.165, 1.54) is 6.07 Å². The quantitative estimate of drug-likeness (QED) is 0.794. The predicted octanol–water partition coefficient (Wildman–Crippen LogP) is 2.62. The second kappa shape index (κ2) is 7.41. The summed E-state index contributed by atoms with van der Waals surface area (Å²) in [7, 11) is 1.71. The Bertz CT molecular complexity index is 330. The summed E-state index contributed by atoms with van der Waals surface area (Å²) in [5, 5.41) is 0. The van der Waals surface area contributed by atoms with E-state index in [0.29, 0.717) is 18.4 Å². The summed E-state index contributed by atoms with van der Waals surface area (Å²) in [5.41, 5.74) is 6.81. The zero-order chi connectivity index (χ0) is 12.7. The molecule has 3 heteroatoms. The van der Waals surface area contributed by atoms with Crippen LogP contribution in [-0.2, 0) is 11.2 Å². The number of ether oxygens (including phenoxy) is 1. The van der Waals surface area contributed by atoms with Gasteiger partial charge in [0.2, 0.25) is 0 Å². The highest BCUT2D eigenvalue weighted by Gasteiger charge is 2.16. The molecular weight excluding hydrogens is 217 g/mol. The van der Waals surface area contributed by atoms with E-state index < -0.39 is 0 Å². The summed E-state index contributed by atoms with van der Waals surface area (Å²) in [6.07, 6.45) is 1.83. The summed E-state index contributed by atoms with van der Waals surface area (Å²) < 4.78 is 18.1. The molecule has 0 spiro atoms. The van der Waals surface area contributed by atoms with Crippen LogP contribution in [0.2, 0.25) is 0 Å². The first-order valence-corrected chi connectivity index (χ1v) is 6.10. The first-order valence-electron chi connectivity index (χ1n) is 6.10. The van der Waals surface area contributed by atoms with E-state index in [1.54, 1.807) is 19.2 Å². The number of nitrogens with two attached hydrogens (primary N) is 1. The SMILES string of the molecule is COCCC(C)C(CN)Cc1cccc(F)c1. The smallest absolute Gasteiger partial charge is 0.123 e. The number of halogens is 1. The molecule has 2 nitrogen and oxygen atoms in total. The van der Waals surface area contributed by atoms with Crippen LogP contribution in [0, 0.1) is 17.7 Å². The van der Waals surface area contributed by atoms with Gasteiger partial charge < -0.3 is 10.5 Å². The van der Waals surface area contributed by atoms with Gasteiger partial charge in [0.1, 0.15) is 5.82 Å². The topological polar surface area (TPSA) is 35.2 Å². The average molecular weight is 239 g/mol. The van der Waals surface area contributed by atoms with Crippen molar-refractivity contribution in [1.82, 2.24) is 0 Å². The van der Waals surface area contributed by atoms with Gasteiger partial charge in [-0.15, -0.1) is 0 Å². The Labute approximate surface area is 103 Å². The van der Waals surface area contributed by atoms with Crippen LogP contribution >= 0.6 is 0 Å². The summed E-state index contributed by atoms with van der Waals surface area (Å²) in [4.78, 5) is 0. The zero-order valence-electron chi connectivity index (χ0n) is 10.7.